The highest BCUT2D eigenvalue weighted by molar-refractivity contribution is 5.76. The number of carbonyl (C=O) groups is 1. The summed E-state index contributed by atoms with van der Waals surface area (Å²) in [6.45, 7) is 9.44. The van der Waals surface area contributed by atoms with Crippen molar-refractivity contribution in [2.75, 3.05) is 13.2 Å². The minimum atomic E-state index is 0.0491. The molecule has 0 aromatic heterocycles. The van der Waals surface area contributed by atoms with Crippen LogP contribution in [-0.4, -0.2) is 19.1 Å². The number of carbonyl (C=O) groups excluding carboxylic acids is 1. The SMILES string of the molecule is CCOc1ccc(CCC(=O)N[C@H](CC(C)C)c2ccccc2)cc1OCC. The first-order valence-electron chi connectivity index (χ1n) is 10.3. The fourth-order valence-corrected chi connectivity index (χ4v) is 3.21. The van der Waals surface area contributed by atoms with E-state index in [0.717, 1.165) is 29.0 Å². The van der Waals surface area contributed by atoms with Gasteiger partial charge in [-0.25, -0.2) is 0 Å². The second kappa shape index (κ2) is 11.4. The first-order valence-corrected chi connectivity index (χ1v) is 10.3. The van der Waals surface area contributed by atoms with E-state index in [9.17, 15) is 4.79 Å². The van der Waals surface area contributed by atoms with Crippen molar-refractivity contribution in [3.05, 3.63) is 59.7 Å². The molecule has 0 unspecified atom stereocenters. The number of amides is 1. The summed E-state index contributed by atoms with van der Waals surface area (Å²) >= 11 is 0. The third kappa shape index (κ3) is 6.91. The number of hydrogen-bond acceptors (Lipinski definition) is 3. The first kappa shape index (κ1) is 21.8. The fourth-order valence-electron chi connectivity index (χ4n) is 3.21. The maximum Gasteiger partial charge on any atom is 0.220 e. The molecule has 0 saturated heterocycles. The van der Waals surface area contributed by atoms with Crippen molar-refractivity contribution in [1.29, 1.82) is 0 Å². The van der Waals surface area contributed by atoms with Crippen LogP contribution in [0.15, 0.2) is 48.5 Å². The highest BCUT2D eigenvalue weighted by atomic mass is 16.5. The molecule has 0 aliphatic carbocycles. The molecule has 0 spiro atoms. The largest absolute Gasteiger partial charge is 0.490 e. The Morgan fingerprint density at radius 3 is 2.29 bits per heavy atom. The molecule has 4 nitrogen and oxygen atoms in total. The van der Waals surface area contributed by atoms with Gasteiger partial charge in [-0.2, -0.15) is 0 Å². The van der Waals surface area contributed by atoms with Crippen LogP contribution in [0.1, 0.15) is 57.7 Å². The zero-order valence-corrected chi connectivity index (χ0v) is 17.5. The second-order valence-corrected chi connectivity index (χ2v) is 7.31. The zero-order chi connectivity index (χ0) is 20.4. The van der Waals surface area contributed by atoms with Gasteiger partial charge in [0.15, 0.2) is 11.5 Å². The lowest BCUT2D eigenvalue weighted by Gasteiger charge is -2.21. The van der Waals surface area contributed by atoms with Gasteiger partial charge in [-0.1, -0.05) is 50.2 Å². The maximum atomic E-state index is 12.6. The standard InChI is InChI=1S/C24H33NO3/c1-5-27-22-14-12-19(17-23(22)28-6-2)13-15-24(26)25-21(16-18(3)4)20-10-8-7-9-11-20/h7-12,14,17-18,21H,5-6,13,15-16H2,1-4H3,(H,25,26)/t21-/m1/s1. The molecule has 0 saturated carbocycles. The van der Waals surface area contributed by atoms with Gasteiger partial charge in [-0.05, 0) is 55.9 Å². The topological polar surface area (TPSA) is 47.6 Å². The molecule has 2 rings (SSSR count). The molecule has 0 radical (unpaired) electrons. The Hall–Kier alpha value is -2.49. The zero-order valence-electron chi connectivity index (χ0n) is 17.5. The van der Waals surface area contributed by atoms with Crippen LogP contribution >= 0.6 is 0 Å². The number of hydrogen-bond donors (Lipinski definition) is 1. The smallest absolute Gasteiger partial charge is 0.220 e. The summed E-state index contributed by atoms with van der Waals surface area (Å²) in [7, 11) is 0. The van der Waals surface area contributed by atoms with Gasteiger partial charge in [0.25, 0.3) is 0 Å². The van der Waals surface area contributed by atoms with Gasteiger partial charge in [0.2, 0.25) is 5.91 Å². The van der Waals surface area contributed by atoms with Gasteiger partial charge < -0.3 is 14.8 Å². The Morgan fingerprint density at radius 1 is 0.964 bits per heavy atom. The van der Waals surface area contributed by atoms with Crippen molar-refractivity contribution < 1.29 is 14.3 Å². The van der Waals surface area contributed by atoms with Gasteiger partial charge in [-0.15, -0.1) is 0 Å². The average Bonchev–Trinajstić information content (AvgIpc) is 2.68. The Morgan fingerprint density at radius 2 is 1.64 bits per heavy atom. The molecule has 2 aromatic carbocycles. The summed E-state index contributed by atoms with van der Waals surface area (Å²) < 4.78 is 11.3. The quantitative estimate of drug-likeness (QED) is 0.571. The molecular weight excluding hydrogens is 350 g/mol. The predicted molar refractivity (Wildman–Crippen MR) is 114 cm³/mol. The molecule has 1 atom stereocenters. The Balaban J connectivity index is 1.99. The molecule has 0 fully saturated rings. The summed E-state index contributed by atoms with van der Waals surface area (Å²) in [5.74, 6) is 2.06. The van der Waals surface area contributed by atoms with E-state index in [1.165, 1.54) is 0 Å². The van der Waals surface area contributed by atoms with Gasteiger partial charge in [-0.3, -0.25) is 4.79 Å². The van der Waals surface area contributed by atoms with Crippen molar-refractivity contribution in [3.8, 4) is 11.5 Å². The van der Waals surface area contributed by atoms with Crippen molar-refractivity contribution in [2.24, 2.45) is 5.92 Å². The molecule has 1 N–H and O–H groups in total. The van der Waals surface area contributed by atoms with Crippen LogP contribution in [0.3, 0.4) is 0 Å². The molecule has 0 heterocycles. The summed E-state index contributed by atoms with van der Waals surface area (Å²) in [4.78, 5) is 12.6. The average molecular weight is 384 g/mol. The van der Waals surface area contributed by atoms with Crippen LogP contribution in [0, 0.1) is 5.92 Å². The highest BCUT2D eigenvalue weighted by Gasteiger charge is 2.16. The van der Waals surface area contributed by atoms with E-state index in [1.807, 2.05) is 50.2 Å². The summed E-state index contributed by atoms with van der Waals surface area (Å²) in [6.07, 6.45) is 2.04. The maximum absolute atomic E-state index is 12.6. The summed E-state index contributed by atoms with van der Waals surface area (Å²) in [6, 6.07) is 16.1. The lowest BCUT2D eigenvalue weighted by Crippen LogP contribution is -2.29. The minimum absolute atomic E-state index is 0.0491. The second-order valence-electron chi connectivity index (χ2n) is 7.31. The van der Waals surface area contributed by atoms with E-state index in [1.54, 1.807) is 0 Å². The van der Waals surface area contributed by atoms with Gasteiger partial charge in [0.1, 0.15) is 0 Å². The van der Waals surface area contributed by atoms with Gasteiger partial charge in [0, 0.05) is 6.42 Å². The molecule has 0 bridgehead atoms. The van der Waals surface area contributed by atoms with Crippen LogP contribution in [-0.2, 0) is 11.2 Å². The molecule has 4 heteroatoms. The van der Waals surface area contributed by atoms with Crippen molar-refractivity contribution in [1.82, 2.24) is 5.32 Å². The molecular formula is C24H33NO3. The monoisotopic (exact) mass is 383 g/mol. The summed E-state index contributed by atoms with van der Waals surface area (Å²) in [5.41, 5.74) is 2.23. The third-order valence-corrected chi connectivity index (χ3v) is 4.49. The normalized spacial score (nSPS) is 11.9. The van der Waals surface area contributed by atoms with Crippen LogP contribution in [0.4, 0.5) is 0 Å². The van der Waals surface area contributed by atoms with E-state index in [-0.39, 0.29) is 11.9 Å². The molecule has 1 amide bonds. The first-order chi connectivity index (χ1) is 13.5. The van der Waals surface area contributed by atoms with E-state index < -0.39 is 0 Å². The van der Waals surface area contributed by atoms with E-state index in [4.69, 9.17) is 9.47 Å². The number of nitrogens with one attached hydrogen (secondary N) is 1. The number of aryl methyl sites for hydroxylation is 1. The van der Waals surface area contributed by atoms with Crippen LogP contribution < -0.4 is 14.8 Å². The van der Waals surface area contributed by atoms with Crippen LogP contribution in [0.2, 0.25) is 0 Å². The highest BCUT2D eigenvalue weighted by Crippen LogP contribution is 2.29. The molecule has 152 valence electrons. The van der Waals surface area contributed by atoms with Crippen LogP contribution in [0.5, 0.6) is 11.5 Å². The van der Waals surface area contributed by atoms with Crippen molar-refractivity contribution in [3.63, 3.8) is 0 Å². The summed E-state index contributed by atoms with van der Waals surface area (Å²) in [5, 5.41) is 3.21. The fraction of sp³-hybridized carbons (Fsp3) is 0.458. The number of ether oxygens (including phenoxy) is 2. The van der Waals surface area contributed by atoms with Crippen LogP contribution in [0.25, 0.3) is 0 Å². The molecule has 0 aliphatic heterocycles. The molecule has 28 heavy (non-hydrogen) atoms. The number of benzene rings is 2. The lowest BCUT2D eigenvalue weighted by atomic mass is 9.96. The Labute approximate surface area is 169 Å². The Kier molecular flexibility index (Phi) is 8.86. The number of rotatable bonds is 11. The van der Waals surface area contributed by atoms with Gasteiger partial charge >= 0.3 is 0 Å². The lowest BCUT2D eigenvalue weighted by molar-refractivity contribution is -0.121. The minimum Gasteiger partial charge on any atom is -0.490 e. The Bertz CT molecular complexity index is 728. The molecule has 0 aliphatic rings. The molecule has 2 aromatic rings. The van der Waals surface area contributed by atoms with E-state index in [2.05, 4.69) is 31.3 Å². The van der Waals surface area contributed by atoms with Crippen molar-refractivity contribution >= 4 is 5.91 Å². The predicted octanol–water partition coefficient (Wildman–Crippen LogP) is 5.32. The van der Waals surface area contributed by atoms with E-state index in [0.29, 0.717) is 32.0 Å². The van der Waals surface area contributed by atoms with Gasteiger partial charge in [0.05, 0.1) is 19.3 Å². The third-order valence-electron chi connectivity index (χ3n) is 4.49. The van der Waals surface area contributed by atoms with Crippen molar-refractivity contribution in [2.45, 2.75) is 53.0 Å². The van der Waals surface area contributed by atoms with E-state index >= 15 is 0 Å².